The van der Waals surface area contributed by atoms with Gasteiger partial charge in [0.2, 0.25) is 0 Å². The molecule has 0 unspecified atom stereocenters. The lowest BCUT2D eigenvalue weighted by Crippen LogP contribution is -2.35. The lowest BCUT2D eigenvalue weighted by molar-refractivity contribution is -0.123. The highest BCUT2D eigenvalue weighted by atomic mass is 19.1. The molecule has 2 aromatic carbocycles. The van der Waals surface area contributed by atoms with E-state index in [4.69, 9.17) is 4.74 Å². The number of benzene rings is 2. The van der Waals surface area contributed by atoms with Crippen LogP contribution in [0.2, 0.25) is 0 Å². The van der Waals surface area contributed by atoms with Crippen molar-refractivity contribution < 1.29 is 13.9 Å². The van der Waals surface area contributed by atoms with Gasteiger partial charge in [0.25, 0.3) is 11.5 Å². The number of nitrogens with one attached hydrogen (secondary N) is 1. The average molecular weight is 384 g/mol. The van der Waals surface area contributed by atoms with Gasteiger partial charge in [-0.2, -0.15) is 0 Å². The minimum absolute atomic E-state index is 0.118. The molecule has 0 bridgehead atoms. The molecule has 1 amide bonds. The van der Waals surface area contributed by atoms with Crippen molar-refractivity contribution in [1.82, 2.24) is 20.3 Å². The van der Waals surface area contributed by atoms with E-state index in [0.29, 0.717) is 17.2 Å². The van der Waals surface area contributed by atoms with Crippen molar-refractivity contribution in [2.45, 2.75) is 26.3 Å². The van der Waals surface area contributed by atoms with E-state index >= 15 is 0 Å². The van der Waals surface area contributed by atoms with Gasteiger partial charge in [0.1, 0.15) is 17.1 Å². The van der Waals surface area contributed by atoms with E-state index in [1.807, 2.05) is 24.3 Å². The second kappa shape index (κ2) is 8.60. The van der Waals surface area contributed by atoms with E-state index in [1.54, 1.807) is 0 Å². The summed E-state index contributed by atoms with van der Waals surface area (Å²) < 4.78 is 19.9. The Kier molecular flexibility index (Phi) is 5.98. The topological polar surface area (TPSA) is 86.1 Å². The Balaban J connectivity index is 1.51. The third kappa shape index (κ3) is 4.70. The molecule has 0 spiro atoms. The van der Waals surface area contributed by atoms with Crippen LogP contribution in [0.15, 0.2) is 47.3 Å². The molecule has 146 valence electrons. The van der Waals surface area contributed by atoms with Crippen LogP contribution in [-0.4, -0.2) is 34.1 Å². The molecule has 7 nitrogen and oxygen atoms in total. The van der Waals surface area contributed by atoms with Gasteiger partial charge in [0.15, 0.2) is 6.61 Å². The molecule has 3 aromatic rings. The zero-order chi connectivity index (χ0) is 20.1. The Labute approximate surface area is 161 Å². The summed E-state index contributed by atoms with van der Waals surface area (Å²) in [6.45, 7) is 4.36. The summed E-state index contributed by atoms with van der Waals surface area (Å²) in [5, 5.41) is 10.5. The first-order chi connectivity index (χ1) is 13.4. The molecule has 0 aliphatic heterocycles. The molecule has 0 aliphatic rings. The minimum Gasteiger partial charge on any atom is -0.484 e. The molecule has 8 heteroatoms. The maximum atomic E-state index is 13.3. The van der Waals surface area contributed by atoms with Crippen molar-refractivity contribution in [1.29, 1.82) is 0 Å². The fraction of sp³-hybridized carbons (Fsp3) is 0.300. The molecule has 1 aromatic heterocycles. The van der Waals surface area contributed by atoms with Crippen LogP contribution in [0.3, 0.4) is 0 Å². The Morgan fingerprint density at radius 1 is 1.21 bits per heavy atom. The van der Waals surface area contributed by atoms with Crippen LogP contribution < -0.4 is 15.6 Å². The standard InChI is InChI=1S/C20H21FN4O3/c1-13(2)14-3-6-16(7-4-14)28-12-19(26)22-9-10-25-20(27)17-11-15(21)5-8-18(17)23-24-25/h3-8,11,13H,9-10,12H2,1-2H3,(H,22,26). The first kappa shape index (κ1) is 19.5. The van der Waals surface area contributed by atoms with E-state index < -0.39 is 11.4 Å². The summed E-state index contributed by atoms with van der Waals surface area (Å²) in [6, 6.07) is 11.3. The SMILES string of the molecule is CC(C)c1ccc(OCC(=O)NCCn2nnc3ccc(F)cc3c2=O)cc1. The molecule has 0 aliphatic carbocycles. The summed E-state index contributed by atoms with van der Waals surface area (Å²) in [5.41, 5.74) is 1.06. The highest BCUT2D eigenvalue weighted by molar-refractivity contribution is 5.77. The number of nitrogens with zero attached hydrogens (tertiary/aromatic N) is 3. The van der Waals surface area contributed by atoms with Crippen molar-refractivity contribution in [3.63, 3.8) is 0 Å². The predicted molar refractivity (Wildman–Crippen MR) is 103 cm³/mol. The van der Waals surface area contributed by atoms with Gasteiger partial charge in [0.05, 0.1) is 11.9 Å². The zero-order valence-electron chi connectivity index (χ0n) is 15.7. The Bertz CT molecular complexity index is 1030. The summed E-state index contributed by atoms with van der Waals surface area (Å²) in [4.78, 5) is 24.2. The zero-order valence-corrected chi connectivity index (χ0v) is 15.7. The van der Waals surface area contributed by atoms with Crippen LogP contribution in [0.1, 0.15) is 25.3 Å². The van der Waals surface area contributed by atoms with Gasteiger partial charge in [-0.05, 0) is 41.8 Å². The first-order valence-electron chi connectivity index (χ1n) is 8.96. The number of rotatable bonds is 7. The van der Waals surface area contributed by atoms with Crippen molar-refractivity contribution >= 4 is 16.8 Å². The van der Waals surface area contributed by atoms with E-state index in [2.05, 4.69) is 29.5 Å². The summed E-state index contributed by atoms with van der Waals surface area (Å²) in [5.74, 6) is 0.199. The van der Waals surface area contributed by atoms with E-state index in [0.717, 1.165) is 10.7 Å². The molecule has 1 N–H and O–H groups in total. The van der Waals surface area contributed by atoms with Crippen LogP contribution in [0.5, 0.6) is 5.75 Å². The van der Waals surface area contributed by atoms with E-state index in [1.165, 1.54) is 17.7 Å². The van der Waals surface area contributed by atoms with E-state index in [9.17, 15) is 14.0 Å². The maximum absolute atomic E-state index is 13.3. The number of carbonyl (C=O) groups is 1. The number of amides is 1. The quantitative estimate of drug-likeness (QED) is 0.675. The summed E-state index contributed by atoms with van der Waals surface area (Å²) >= 11 is 0. The van der Waals surface area contributed by atoms with Gasteiger partial charge in [-0.3, -0.25) is 9.59 Å². The largest absolute Gasteiger partial charge is 0.484 e. The molecule has 0 saturated heterocycles. The van der Waals surface area contributed by atoms with Gasteiger partial charge in [-0.25, -0.2) is 9.07 Å². The lowest BCUT2D eigenvalue weighted by Gasteiger charge is -2.10. The second-order valence-corrected chi connectivity index (χ2v) is 6.64. The average Bonchev–Trinajstić information content (AvgIpc) is 2.69. The second-order valence-electron chi connectivity index (χ2n) is 6.64. The molecular formula is C20H21FN4O3. The van der Waals surface area contributed by atoms with Crippen LogP contribution >= 0.6 is 0 Å². The van der Waals surface area contributed by atoms with Gasteiger partial charge < -0.3 is 10.1 Å². The number of ether oxygens (including phenoxy) is 1. The van der Waals surface area contributed by atoms with Crippen LogP contribution in [0.25, 0.3) is 10.9 Å². The number of hydrogen-bond acceptors (Lipinski definition) is 5. The highest BCUT2D eigenvalue weighted by Crippen LogP contribution is 2.18. The number of aromatic nitrogens is 3. The monoisotopic (exact) mass is 384 g/mol. The molecule has 28 heavy (non-hydrogen) atoms. The predicted octanol–water partition coefficient (Wildman–Crippen LogP) is 2.25. The van der Waals surface area contributed by atoms with Crippen molar-refractivity contribution in [3.05, 3.63) is 64.2 Å². The van der Waals surface area contributed by atoms with Gasteiger partial charge in [-0.15, -0.1) is 5.10 Å². The third-order valence-corrected chi connectivity index (χ3v) is 4.25. The van der Waals surface area contributed by atoms with Crippen LogP contribution in [0.4, 0.5) is 4.39 Å². The van der Waals surface area contributed by atoms with Crippen molar-refractivity contribution in [2.24, 2.45) is 0 Å². The molecule has 0 atom stereocenters. The first-order valence-corrected chi connectivity index (χ1v) is 8.96. The summed E-state index contributed by atoms with van der Waals surface area (Å²) in [6.07, 6.45) is 0. The number of hydrogen-bond donors (Lipinski definition) is 1. The molecule has 0 radical (unpaired) electrons. The highest BCUT2D eigenvalue weighted by Gasteiger charge is 2.08. The number of halogens is 1. The van der Waals surface area contributed by atoms with Crippen LogP contribution in [0, 0.1) is 5.82 Å². The summed E-state index contributed by atoms with van der Waals surface area (Å²) in [7, 11) is 0. The molecule has 0 saturated carbocycles. The lowest BCUT2D eigenvalue weighted by atomic mass is 10.0. The van der Waals surface area contributed by atoms with Gasteiger partial charge in [-0.1, -0.05) is 31.2 Å². The third-order valence-electron chi connectivity index (χ3n) is 4.25. The fourth-order valence-corrected chi connectivity index (χ4v) is 2.64. The van der Waals surface area contributed by atoms with Crippen molar-refractivity contribution in [3.8, 4) is 5.75 Å². The minimum atomic E-state index is -0.518. The Morgan fingerprint density at radius 3 is 2.68 bits per heavy atom. The molecule has 3 rings (SSSR count). The van der Waals surface area contributed by atoms with Gasteiger partial charge in [0, 0.05) is 6.54 Å². The fourth-order valence-electron chi connectivity index (χ4n) is 2.64. The maximum Gasteiger partial charge on any atom is 0.277 e. The van der Waals surface area contributed by atoms with E-state index in [-0.39, 0.29) is 31.0 Å². The molecular weight excluding hydrogens is 363 g/mol. The molecule has 0 fully saturated rings. The number of fused-ring (bicyclic) bond motifs is 1. The van der Waals surface area contributed by atoms with Crippen LogP contribution in [-0.2, 0) is 11.3 Å². The van der Waals surface area contributed by atoms with Crippen molar-refractivity contribution in [2.75, 3.05) is 13.2 Å². The Morgan fingerprint density at radius 2 is 1.96 bits per heavy atom. The number of carbonyl (C=O) groups excluding carboxylic acids is 1. The normalized spacial score (nSPS) is 11.0. The Hall–Kier alpha value is -3.29. The molecule has 1 heterocycles. The van der Waals surface area contributed by atoms with Gasteiger partial charge >= 0.3 is 0 Å². The smallest absolute Gasteiger partial charge is 0.277 e.